The molecule has 1 aliphatic rings. The van der Waals surface area contributed by atoms with Crippen molar-refractivity contribution in [3.8, 4) is 0 Å². The monoisotopic (exact) mass is 197 g/mol. The Balaban J connectivity index is 2.66. The molecule has 76 valence electrons. The number of hydrogen-bond acceptors (Lipinski definition) is 4. The van der Waals surface area contributed by atoms with E-state index >= 15 is 0 Å². The second kappa shape index (κ2) is 4.46. The third kappa shape index (κ3) is 2.26. The van der Waals surface area contributed by atoms with Crippen molar-refractivity contribution >= 4 is 19.6 Å². The lowest BCUT2D eigenvalue weighted by Gasteiger charge is -2.21. The fourth-order valence-electron chi connectivity index (χ4n) is 1.52. The Labute approximate surface area is 83.4 Å². The number of ether oxygens (including phenoxy) is 1. The van der Waals surface area contributed by atoms with Gasteiger partial charge in [-0.15, -0.1) is 0 Å². The smallest absolute Gasteiger partial charge is 0.328 e. The number of aliphatic hydroxyl groups excluding tert-OH is 1. The second-order valence-corrected chi connectivity index (χ2v) is 3.15. The van der Waals surface area contributed by atoms with Gasteiger partial charge in [-0.05, 0) is 6.92 Å². The molecule has 1 rings (SSSR count). The van der Waals surface area contributed by atoms with Crippen molar-refractivity contribution in [1.29, 1.82) is 0 Å². The summed E-state index contributed by atoms with van der Waals surface area (Å²) in [5.74, 6) is -1.22. The molecule has 2 radical (unpaired) electrons. The van der Waals surface area contributed by atoms with Crippen LogP contribution in [-0.4, -0.2) is 54.9 Å². The topological polar surface area (TPSA) is 66.8 Å². The van der Waals surface area contributed by atoms with Crippen molar-refractivity contribution in [3.63, 3.8) is 0 Å². The average molecular weight is 197 g/mol. The van der Waals surface area contributed by atoms with E-state index in [0.29, 0.717) is 0 Å². The van der Waals surface area contributed by atoms with Crippen LogP contribution in [0.1, 0.15) is 13.3 Å². The van der Waals surface area contributed by atoms with Crippen molar-refractivity contribution in [3.05, 3.63) is 0 Å². The maximum Gasteiger partial charge on any atom is 0.328 e. The summed E-state index contributed by atoms with van der Waals surface area (Å²) in [7, 11) is 5.05. The highest BCUT2D eigenvalue weighted by molar-refractivity contribution is 6.57. The molecule has 0 aromatic carbocycles. The van der Waals surface area contributed by atoms with Crippen LogP contribution in [0.3, 0.4) is 0 Å². The minimum Gasteiger partial charge on any atom is -0.464 e. The van der Waals surface area contributed by atoms with Gasteiger partial charge in [-0.3, -0.25) is 4.79 Å². The zero-order valence-electron chi connectivity index (χ0n) is 7.97. The molecule has 1 amide bonds. The van der Waals surface area contributed by atoms with Crippen molar-refractivity contribution in [2.24, 2.45) is 0 Å². The van der Waals surface area contributed by atoms with Gasteiger partial charge in [0.2, 0.25) is 7.85 Å². The van der Waals surface area contributed by atoms with E-state index in [-0.39, 0.29) is 19.6 Å². The molecule has 1 fully saturated rings. The third-order valence-corrected chi connectivity index (χ3v) is 2.12. The summed E-state index contributed by atoms with van der Waals surface area (Å²) < 4.78 is 4.76. The largest absolute Gasteiger partial charge is 0.464 e. The van der Waals surface area contributed by atoms with Gasteiger partial charge < -0.3 is 14.7 Å². The van der Waals surface area contributed by atoms with Crippen LogP contribution >= 0.6 is 0 Å². The van der Waals surface area contributed by atoms with E-state index < -0.39 is 23.9 Å². The number of amides is 1. The van der Waals surface area contributed by atoms with Crippen molar-refractivity contribution in [2.75, 3.05) is 13.2 Å². The molecule has 1 N–H and O–H groups in total. The van der Waals surface area contributed by atoms with Gasteiger partial charge in [0.25, 0.3) is 0 Å². The molecule has 0 aromatic heterocycles. The minimum absolute atomic E-state index is 0.0960. The standard InChI is InChI=1S/C8H12BNO4/c1-2-14-7(12)6-3-5(11)4-10(6)8(9)13/h5-6,11H,2-4H2,1H3/t5-,6?/m1/s1. The van der Waals surface area contributed by atoms with E-state index in [1.54, 1.807) is 6.92 Å². The molecule has 0 bridgehead atoms. The highest BCUT2D eigenvalue weighted by atomic mass is 16.5. The fourth-order valence-corrected chi connectivity index (χ4v) is 1.52. The fraction of sp³-hybridized carbons (Fsp3) is 0.750. The number of esters is 1. The van der Waals surface area contributed by atoms with E-state index in [4.69, 9.17) is 12.6 Å². The first-order valence-corrected chi connectivity index (χ1v) is 4.47. The number of rotatable bonds is 2. The molecule has 0 aliphatic carbocycles. The Morgan fingerprint density at radius 2 is 2.29 bits per heavy atom. The molecule has 0 aromatic rings. The third-order valence-electron chi connectivity index (χ3n) is 2.12. The first kappa shape index (κ1) is 11.0. The molecule has 6 heteroatoms. The van der Waals surface area contributed by atoms with Crippen molar-refractivity contribution in [1.82, 2.24) is 4.90 Å². The second-order valence-electron chi connectivity index (χ2n) is 3.15. The first-order valence-electron chi connectivity index (χ1n) is 4.47. The maximum atomic E-state index is 11.3. The summed E-state index contributed by atoms with van der Waals surface area (Å²) in [5, 5.41) is 9.28. The molecule has 5 nitrogen and oxygen atoms in total. The number of nitrogens with zero attached hydrogens (tertiary/aromatic N) is 1. The van der Waals surface area contributed by atoms with E-state index in [0.717, 1.165) is 4.90 Å². The van der Waals surface area contributed by atoms with Crippen LogP contribution in [0.25, 0.3) is 0 Å². The van der Waals surface area contributed by atoms with Crippen LogP contribution in [0.4, 0.5) is 4.79 Å². The molecular weight excluding hydrogens is 185 g/mol. The molecule has 1 aliphatic heterocycles. The predicted molar refractivity (Wildman–Crippen MR) is 48.9 cm³/mol. The lowest BCUT2D eigenvalue weighted by atomic mass is 10.1. The van der Waals surface area contributed by atoms with E-state index in [1.807, 2.05) is 0 Å². The Bertz CT molecular complexity index is 245. The predicted octanol–water partition coefficient (Wildman–Crippen LogP) is -0.727. The lowest BCUT2D eigenvalue weighted by Crippen LogP contribution is -2.40. The molecular formula is C8H12BNO4. The molecule has 1 unspecified atom stereocenters. The minimum atomic E-state index is -0.734. The number of β-amino-alcohol motifs (C(OH)–C–C–N with tert-alkyl or cyclic N) is 1. The van der Waals surface area contributed by atoms with Crippen LogP contribution in [0.15, 0.2) is 0 Å². The summed E-state index contributed by atoms with van der Waals surface area (Å²) >= 11 is 0. The summed E-state index contributed by atoms with van der Waals surface area (Å²) in [6, 6.07) is -0.734. The van der Waals surface area contributed by atoms with Crippen LogP contribution in [-0.2, 0) is 9.53 Å². The van der Waals surface area contributed by atoms with Gasteiger partial charge in [0.15, 0.2) is 5.81 Å². The number of hydrogen-bond donors (Lipinski definition) is 1. The Kier molecular flexibility index (Phi) is 3.52. The van der Waals surface area contributed by atoms with E-state index in [9.17, 15) is 14.7 Å². The van der Waals surface area contributed by atoms with Gasteiger partial charge in [0.05, 0.1) is 12.7 Å². The maximum absolute atomic E-state index is 11.3. The van der Waals surface area contributed by atoms with Gasteiger partial charge in [0, 0.05) is 13.0 Å². The summed E-state index contributed by atoms with van der Waals surface area (Å²) in [6.07, 6.45) is -0.501. The summed E-state index contributed by atoms with van der Waals surface area (Å²) in [4.78, 5) is 23.3. The van der Waals surface area contributed by atoms with Gasteiger partial charge in [-0.2, -0.15) is 0 Å². The van der Waals surface area contributed by atoms with Gasteiger partial charge >= 0.3 is 5.97 Å². The van der Waals surface area contributed by atoms with Gasteiger partial charge in [-0.25, -0.2) is 4.79 Å². The average Bonchev–Trinajstić information content (AvgIpc) is 2.48. The molecule has 1 saturated heterocycles. The molecule has 14 heavy (non-hydrogen) atoms. The summed E-state index contributed by atoms with van der Waals surface area (Å²) in [6.45, 7) is 2.02. The quantitative estimate of drug-likeness (QED) is 0.468. The zero-order chi connectivity index (χ0) is 10.7. The van der Waals surface area contributed by atoms with Crippen LogP contribution in [0, 0.1) is 0 Å². The molecule has 2 atom stereocenters. The van der Waals surface area contributed by atoms with E-state index in [1.165, 1.54) is 0 Å². The van der Waals surface area contributed by atoms with Crippen molar-refractivity contribution < 1.29 is 19.4 Å². The number of aliphatic hydroxyl groups is 1. The number of likely N-dealkylation sites (tertiary alicyclic amines) is 1. The zero-order valence-corrected chi connectivity index (χ0v) is 7.97. The normalized spacial score (nSPS) is 26.3. The number of carbonyl (C=O) groups excluding carboxylic acids is 2. The SMILES string of the molecule is [B]C(=O)N1C[C@H](O)CC1C(=O)OCC. The Morgan fingerprint density at radius 1 is 1.64 bits per heavy atom. The lowest BCUT2D eigenvalue weighted by molar-refractivity contribution is -0.147. The highest BCUT2D eigenvalue weighted by Gasteiger charge is 2.37. The Morgan fingerprint density at radius 3 is 2.79 bits per heavy atom. The molecule has 1 heterocycles. The molecule has 0 saturated carbocycles. The first-order chi connectivity index (χ1) is 6.56. The van der Waals surface area contributed by atoms with E-state index in [2.05, 4.69) is 0 Å². The Hall–Kier alpha value is -1.04. The van der Waals surface area contributed by atoms with Gasteiger partial charge in [-0.1, -0.05) is 0 Å². The van der Waals surface area contributed by atoms with Crippen LogP contribution in [0.5, 0.6) is 0 Å². The van der Waals surface area contributed by atoms with Crippen molar-refractivity contribution in [2.45, 2.75) is 25.5 Å². The van der Waals surface area contributed by atoms with Gasteiger partial charge in [0.1, 0.15) is 6.04 Å². The number of carbonyl (C=O) groups is 2. The van der Waals surface area contributed by atoms with Crippen LogP contribution in [0.2, 0.25) is 0 Å². The summed E-state index contributed by atoms with van der Waals surface area (Å²) in [5.41, 5.74) is 0. The van der Waals surface area contributed by atoms with Crippen LogP contribution < -0.4 is 0 Å². The molecule has 0 spiro atoms. The highest BCUT2D eigenvalue weighted by Crippen LogP contribution is 2.18.